The Balaban J connectivity index is 2.12. The van der Waals surface area contributed by atoms with Crippen LogP contribution in [0.3, 0.4) is 0 Å². The molecule has 2 nitrogen and oxygen atoms in total. The predicted molar refractivity (Wildman–Crippen MR) is 76.2 cm³/mol. The number of benzene rings is 1. The zero-order chi connectivity index (χ0) is 15.0. The summed E-state index contributed by atoms with van der Waals surface area (Å²) in [5.41, 5.74) is 0.416. The van der Waals surface area contributed by atoms with Gasteiger partial charge in [-0.1, -0.05) is 6.42 Å². The zero-order valence-electron chi connectivity index (χ0n) is 12.2. The molecule has 4 heteroatoms. The van der Waals surface area contributed by atoms with Gasteiger partial charge in [0.15, 0.2) is 0 Å². The van der Waals surface area contributed by atoms with Crippen molar-refractivity contribution in [2.75, 3.05) is 13.1 Å². The highest BCUT2D eigenvalue weighted by Crippen LogP contribution is 2.21. The normalized spacial score (nSPS) is 11.3. The number of nitriles is 1. The van der Waals surface area contributed by atoms with Gasteiger partial charge in [-0.15, -0.1) is 0 Å². The van der Waals surface area contributed by atoms with Gasteiger partial charge in [-0.25, -0.2) is 8.78 Å². The Morgan fingerprint density at radius 3 is 2.35 bits per heavy atom. The van der Waals surface area contributed by atoms with Gasteiger partial charge >= 0.3 is 0 Å². The molecule has 1 aromatic carbocycles. The first kappa shape index (κ1) is 16.6. The van der Waals surface area contributed by atoms with Crippen LogP contribution in [0.1, 0.15) is 38.7 Å². The first-order valence-corrected chi connectivity index (χ1v) is 7.00. The monoisotopic (exact) mass is 280 g/mol. The second-order valence-corrected chi connectivity index (χ2v) is 5.73. The minimum atomic E-state index is -0.529. The van der Waals surface area contributed by atoms with Crippen LogP contribution in [0.2, 0.25) is 0 Å². The van der Waals surface area contributed by atoms with Gasteiger partial charge in [-0.2, -0.15) is 5.26 Å². The number of hydrogen-bond donors (Lipinski definition) is 1. The van der Waals surface area contributed by atoms with Crippen molar-refractivity contribution in [1.82, 2.24) is 5.32 Å². The van der Waals surface area contributed by atoms with E-state index in [1.807, 2.05) is 13.8 Å². The van der Waals surface area contributed by atoms with E-state index < -0.39 is 11.6 Å². The summed E-state index contributed by atoms with van der Waals surface area (Å²) in [6.45, 7) is 5.45. The molecule has 0 aliphatic carbocycles. The van der Waals surface area contributed by atoms with E-state index >= 15 is 0 Å². The Bertz CT molecular complexity index is 444. The lowest BCUT2D eigenvalue weighted by molar-refractivity contribution is 0.423. The molecule has 0 atom stereocenters. The molecule has 0 heterocycles. The fraction of sp³-hybridized carbons (Fsp3) is 0.562. The number of rotatable bonds is 8. The summed E-state index contributed by atoms with van der Waals surface area (Å²) in [6, 6.07) is 5.89. The summed E-state index contributed by atoms with van der Waals surface area (Å²) in [4.78, 5) is 0. The lowest BCUT2D eigenvalue weighted by Crippen LogP contribution is -2.19. The van der Waals surface area contributed by atoms with Crippen molar-refractivity contribution in [1.29, 1.82) is 5.26 Å². The molecule has 0 amide bonds. The first-order chi connectivity index (χ1) is 9.43. The summed E-state index contributed by atoms with van der Waals surface area (Å²) in [5.74, 6) is -1.06. The average molecular weight is 280 g/mol. The van der Waals surface area contributed by atoms with Crippen molar-refractivity contribution >= 4 is 0 Å². The van der Waals surface area contributed by atoms with E-state index in [0.717, 1.165) is 31.9 Å². The molecule has 0 unspecified atom stereocenters. The second-order valence-electron chi connectivity index (χ2n) is 5.73. The summed E-state index contributed by atoms with van der Waals surface area (Å²) in [7, 11) is 0. The molecule has 110 valence electrons. The maximum atomic E-state index is 13.0. The Kier molecular flexibility index (Phi) is 6.60. The van der Waals surface area contributed by atoms with Gasteiger partial charge in [0.25, 0.3) is 0 Å². The number of hydrogen-bond acceptors (Lipinski definition) is 2. The van der Waals surface area contributed by atoms with Crippen LogP contribution < -0.4 is 5.32 Å². The van der Waals surface area contributed by atoms with E-state index in [9.17, 15) is 8.78 Å². The molecule has 0 bridgehead atoms. The van der Waals surface area contributed by atoms with Crippen LogP contribution in [-0.4, -0.2) is 13.1 Å². The summed E-state index contributed by atoms with van der Waals surface area (Å²) in [6.07, 6.45) is 3.50. The third-order valence-electron chi connectivity index (χ3n) is 3.22. The molecule has 0 fully saturated rings. The average Bonchev–Trinajstić information content (AvgIpc) is 2.36. The van der Waals surface area contributed by atoms with E-state index in [1.54, 1.807) is 0 Å². The van der Waals surface area contributed by atoms with Gasteiger partial charge in [0.2, 0.25) is 0 Å². The lowest BCUT2D eigenvalue weighted by atomic mass is 9.89. The van der Waals surface area contributed by atoms with Crippen molar-refractivity contribution in [2.24, 2.45) is 5.41 Å². The maximum Gasteiger partial charge on any atom is 0.126 e. The van der Waals surface area contributed by atoms with Crippen LogP contribution in [0.4, 0.5) is 8.78 Å². The van der Waals surface area contributed by atoms with Gasteiger partial charge in [0.05, 0.1) is 11.5 Å². The Labute approximate surface area is 119 Å². The molecule has 0 aliphatic rings. The molecule has 1 N–H and O–H groups in total. The highest BCUT2D eigenvalue weighted by atomic mass is 19.1. The van der Waals surface area contributed by atoms with Crippen LogP contribution in [0, 0.1) is 28.4 Å². The largest absolute Gasteiger partial charge is 0.316 e. The molecule has 0 saturated carbocycles. The lowest BCUT2D eigenvalue weighted by Gasteiger charge is -2.14. The Morgan fingerprint density at radius 2 is 1.75 bits per heavy atom. The number of halogens is 2. The summed E-state index contributed by atoms with van der Waals surface area (Å²) in [5, 5.41) is 12.1. The third kappa shape index (κ3) is 6.63. The number of unbranched alkanes of at least 4 members (excludes halogenated alkanes) is 1. The molecule has 1 aromatic rings. The third-order valence-corrected chi connectivity index (χ3v) is 3.22. The van der Waals surface area contributed by atoms with Crippen molar-refractivity contribution < 1.29 is 8.78 Å². The van der Waals surface area contributed by atoms with E-state index in [-0.39, 0.29) is 5.41 Å². The fourth-order valence-electron chi connectivity index (χ4n) is 1.99. The van der Waals surface area contributed by atoms with Crippen LogP contribution >= 0.6 is 0 Å². The summed E-state index contributed by atoms with van der Waals surface area (Å²) >= 11 is 0. The molecule has 0 spiro atoms. The first-order valence-electron chi connectivity index (χ1n) is 7.00. The van der Waals surface area contributed by atoms with Gasteiger partial charge in [0, 0.05) is 6.07 Å². The van der Waals surface area contributed by atoms with E-state index in [4.69, 9.17) is 5.26 Å². The van der Waals surface area contributed by atoms with Crippen LogP contribution in [0.15, 0.2) is 18.2 Å². The van der Waals surface area contributed by atoms with Crippen molar-refractivity contribution in [2.45, 2.75) is 39.5 Å². The fourth-order valence-corrected chi connectivity index (χ4v) is 1.99. The second kappa shape index (κ2) is 7.96. The van der Waals surface area contributed by atoms with Crippen molar-refractivity contribution in [3.05, 3.63) is 35.4 Å². The molecule has 0 radical (unpaired) electrons. The van der Waals surface area contributed by atoms with Gasteiger partial charge in [0.1, 0.15) is 11.6 Å². The molecular formula is C16H22F2N2. The summed E-state index contributed by atoms with van der Waals surface area (Å²) < 4.78 is 25.9. The number of nitrogens with zero attached hydrogens (tertiary/aromatic N) is 1. The van der Waals surface area contributed by atoms with Crippen LogP contribution in [0.25, 0.3) is 0 Å². The van der Waals surface area contributed by atoms with Gasteiger partial charge in [-0.3, -0.25) is 0 Å². The van der Waals surface area contributed by atoms with E-state index in [1.165, 1.54) is 12.1 Å². The molecule has 0 aromatic heterocycles. The molecule has 20 heavy (non-hydrogen) atoms. The quantitative estimate of drug-likeness (QED) is 0.735. The van der Waals surface area contributed by atoms with Crippen molar-refractivity contribution in [3.63, 3.8) is 0 Å². The number of nitrogens with one attached hydrogen (secondary N) is 1. The topological polar surface area (TPSA) is 35.8 Å². The molecule has 0 aliphatic heterocycles. The van der Waals surface area contributed by atoms with Crippen LogP contribution in [-0.2, 0) is 6.42 Å². The van der Waals surface area contributed by atoms with Crippen LogP contribution in [0.5, 0.6) is 0 Å². The van der Waals surface area contributed by atoms with E-state index in [0.29, 0.717) is 18.5 Å². The SMILES string of the molecule is CC(C)(C#N)CCCCNCCc1cc(F)cc(F)c1. The minimum absolute atomic E-state index is 0.251. The molecular weight excluding hydrogens is 258 g/mol. The Morgan fingerprint density at radius 1 is 1.10 bits per heavy atom. The smallest absolute Gasteiger partial charge is 0.126 e. The van der Waals surface area contributed by atoms with E-state index in [2.05, 4.69) is 11.4 Å². The Hall–Kier alpha value is -1.47. The van der Waals surface area contributed by atoms with Gasteiger partial charge in [-0.05, 0) is 63.9 Å². The highest BCUT2D eigenvalue weighted by Gasteiger charge is 2.15. The van der Waals surface area contributed by atoms with Crippen molar-refractivity contribution in [3.8, 4) is 6.07 Å². The highest BCUT2D eigenvalue weighted by molar-refractivity contribution is 5.18. The minimum Gasteiger partial charge on any atom is -0.316 e. The van der Waals surface area contributed by atoms with Gasteiger partial charge < -0.3 is 5.32 Å². The standard InChI is InChI=1S/C16H22F2N2/c1-16(2,12-19)6-3-4-7-20-8-5-13-9-14(17)11-15(18)10-13/h9-11,20H,3-8H2,1-2H3. The zero-order valence-corrected chi connectivity index (χ0v) is 12.2. The molecule has 1 rings (SSSR count). The predicted octanol–water partition coefficient (Wildman–Crippen LogP) is 3.82. The molecule has 0 saturated heterocycles. The maximum absolute atomic E-state index is 13.0.